The van der Waals surface area contributed by atoms with Gasteiger partial charge in [0.25, 0.3) is 0 Å². The maximum Gasteiger partial charge on any atom is 0.0843 e. The number of rotatable bonds is 7. The van der Waals surface area contributed by atoms with Crippen LogP contribution in [0.4, 0.5) is 0 Å². The minimum absolute atomic E-state index is 0.435. The summed E-state index contributed by atoms with van der Waals surface area (Å²) in [6.07, 6.45) is 6.05. The standard InChI is InChI=1S/C23H39NOSi/c1-17(2)11-10-12-19(4)23-21(24-25)15-18(3)16-22(23)26(5,6)20-13-8-7-9-14-20/h7-9,13-14,17-19,22-23,25H,10-12,15-16H2,1-6H3/b24-21+/t18-,19+,22+,23?/m0/s1. The van der Waals surface area contributed by atoms with E-state index in [1.54, 1.807) is 0 Å². The van der Waals surface area contributed by atoms with Crippen LogP contribution in [0, 0.1) is 23.7 Å². The van der Waals surface area contributed by atoms with E-state index in [9.17, 15) is 5.21 Å². The SMILES string of the molecule is CC(C)CCC[C@@H](C)C1/C(=N/O)C[C@H](C)C[C@H]1[Si](C)(C)c1ccccc1. The molecule has 1 aromatic rings. The molecule has 1 aliphatic rings. The Balaban J connectivity index is 2.29. The van der Waals surface area contributed by atoms with Crippen molar-refractivity contribution in [1.82, 2.24) is 0 Å². The fourth-order valence-electron chi connectivity index (χ4n) is 5.07. The van der Waals surface area contributed by atoms with E-state index in [0.29, 0.717) is 23.3 Å². The van der Waals surface area contributed by atoms with E-state index in [2.05, 4.69) is 76.3 Å². The van der Waals surface area contributed by atoms with Crippen LogP contribution < -0.4 is 5.19 Å². The fourth-order valence-corrected chi connectivity index (χ4v) is 8.96. The van der Waals surface area contributed by atoms with E-state index in [1.165, 1.54) is 30.9 Å². The highest BCUT2D eigenvalue weighted by atomic mass is 28.3. The molecule has 0 aliphatic heterocycles. The van der Waals surface area contributed by atoms with E-state index in [-0.39, 0.29) is 0 Å². The quantitative estimate of drug-likeness (QED) is 0.339. The van der Waals surface area contributed by atoms with E-state index in [4.69, 9.17) is 0 Å². The van der Waals surface area contributed by atoms with Crippen LogP contribution in [-0.2, 0) is 0 Å². The second-order valence-electron chi connectivity index (χ2n) is 9.66. The zero-order valence-electron chi connectivity index (χ0n) is 17.7. The predicted octanol–water partition coefficient (Wildman–Crippen LogP) is 6.31. The maximum absolute atomic E-state index is 9.80. The van der Waals surface area contributed by atoms with Gasteiger partial charge in [-0.3, -0.25) is 0 Å². The van der Waals surface area contributed by atoms with Crippen molar-refractivity contribution in [2.24, 2.45) is 28.8 Å². The molecule has 0 heterocycles. The van der Waals surface area contributed by atoms with Crippen LogP contribution in [0.1, 0.15) is 59.8 Å². The highest BCUT2D eigenvalue weighted by Crippen LogP contribution is 2.47. The Morgan fingerprint density at radius 1 is 1.12 bits per heavy atom. The average Bonchev–Trinajstić information content (AvgIpc) is 2.61. The monoisotopic (exact) mass is 373 g/mol. The lowest BCUT2D eigenvalue weighted by Gasteiger charge is -2.46. The largest absolute Gasteiger partial charge is 0.411 e. The third-order valence-electron chi connectivity index (χ3n) is 6.66. The number of nitrogens with zero attached hydrogens (tertiary/aromatic N) is 1. The molecule has 1 saturated carbocycles. The molecule has 0 bridgehead atoms. The molecule has 0 spiro atoms. The van der Waals surface area contributed by atoms with Crippen molar-refractivity contribution in [2.75, 3.05) is 0 Å². The topological polar surface area (TPSA) is 32.6 Å². The molecule has 26 heavy (non-hydrogen) atoms. The summed E-state index contributed by atoms with van der Waals surface area (Å²) >= 11 is 0. The number of hydrogen-bond acceptors (Lipinski definition) is 2. The van der Waals surface area contributed by atoms with Gasteiger partial charge in [-0.05, 0) is 36.1 Å². The van der Waals surface area contributed by atoms with Gasteiger partial charge in [0.05, 0.1) is 13.8 Å². The van der Waals surface area contributed by atoms with E-state index < -0.39 is 8.07 Å². The molecular weight excluding hydrogens is 334 g/mol. The van der Waals surface area contributed by atoms with Crippen molar-refractivity contribution in [3.8, 4) is 0 Å². The van der Waals surface area contributed by atoms with E-state index in [0.717, 1.165) is 18.1 Å². The lowest BCUT2D eigenvalue weighted by molar-refractivity contribution is 0.277. The van der Waals surface area contributed by atoms with Crippen molar-refractivity contribution in [3.05, 3.63) is 30.3 Å². The molecule has 2 rings (SSSR count). The summed E-state index contributed by atoms with van der Waals surface area (Å²) in [5.74, 6) is 2.41. The molecule has 1 unspecified atom stereocenters. The van der Waals surface area contributed by atoms with Crippen molar-refractivity contribution in [1.29, 1.82) is 0 Å². The fraction of sp³-hybridized carbons (Fsp3) is 0.696. The van der Waals surface area contributed by atoms with Gasteiger partial charge in [0.1, 0.15) is 0 Å². The summed E-state index contributed by atoms with van der Waals surface area (Å²) in [7, 11) is -1.66. The smallest absolute Gasteiger partial charge is 0.0843 e. The van der Waals surface area contributed by atoms with Crippen LogP contribution >= 0.6 is 0 Å². The van der Waals surface area contributed by atoms with Gasteiger partial charge >= 0.3 is 0 Å². The Bertz CT molecular complexity index is 581. The van der Waals surface area contributed by atoms with Crippen LogP contribution in [0.15, 0.2) is 35.5 Å². The molecule has 0 aromatic heterocycles. The number of oxime groups is 1. The number of hydrogen-bond donors (Lipinski definition) is 1. The van der Waals surface area contributed by atoms with Crippen molar-refractivity contribution in [3.63, 3.8) is 0 Å². The minimum atomic E-state index is -1.66. The Morgan fingerprint density at radius 3 is 2.35 bits per heavy atom. The maximum atomic E-state index is 9.80. The molecule has 0 radical (unpaired) electrons. The molecule has 3 heteroatoms. The summed E-state index contributed by atoms with van der Waals surface area (Å²) < 4.78 is 0. The first-order chi connectivity index (χ1) is 12.3. The van der Waals surface area contributed by atoms with Gasteiger partial charge < -0.3 is 5.21 Å². The highest BCUT2D eigenvalue weighted by molar-refractivity contribution is 6.91. The molecule has 2 nitrogen and oxygen atoms in total. The summed E-state index contributed by atoms with van der Waals surface area (Å²) in [4.78, 5) is 0. The third kappa shape index (κ3) is 5.00. The zero-order chi connectivity index (χ0) is 19.3. The average molecular weight is 374 g/mol. The van der Waals surface area contributed by atoms with Crippen LogP contribution in [0.3, 0.4) is 0 Å². The molecule has 1 aliphatic carbocycles. The van der Waals surface area contributed by atoms with Crippen molar-refractivity contribution in [2.45, 2.75) is 78.4 Å². The van der Waals surface area contributed by atoms with Gasteiger partial charge in [0.15, 0.2) is 0 Å². The van der Waals surface area contributed by atoms with Crippen LogP contribution in [-0.4, -0.2) is 19.0 Å². The zero-order valence-corrected chi connectivity index (χ0v) is 18.7. The number of benzene rings is 1. The Kier molecular flexibility index (Phi) is 7.51. The first kappa shape index (κ1) is 21.2. The first-order valence-electron chi connectivity index (χ1n) is 10.5. The van der Waals surface area contributed by atoms with Crippen LogP contribution in [0.5, 0.6) is 0 Å². The summed E-state index contributed by atoms with van der Waals surface area (Å²) in [5.41, 5.74) is 1.72. The van der Waals surface area contributed by atoms with Gasteiger partial charge in [-0.1, -0.05) is 101 Å². The van der Waals surface area contributed by atoms with Gasteiger partial charge in [-0.15, -0.1) is 0 Å². The van der Waals surface area contributed by atoms with Gasteiger partial charge in [0, 0.05) is 5.92 Å². The lowest BCUT2D eigenvalue weighted by Crippen LogP contribution is -2.53. The molecule has 1 N–H and O–H groups in total. The van der Waals surface area contributed by atoms with Crippen LogP contribution in [0.25, 0.3) is 0 Å². The van der Waals surface area contributed by atoms with Crippen molar-refractivity contribution < 1.29 is 5.21 Å². The summed E-state index contributed by atoms with van der Waals surface area (Å²) in [6.45, 7) is 14.4. The second-order valence-corrected chi connectivity index (χ2v) is 14.4. The molecule has 0 saturated heterocycles. The Labute approximate surface area is 162 Å². The van der Waals surface area contributed by atoms with Crippen molar-refractivity contribution >= 4 is 19.0 Å². The van der Waals surface area contributed by atoms with E-state index >= 15 is 0 Å². The van der Waals surface area contributed by atoms with Gasteiger partial charge in [-0.25, -0.2) is 0 Å². The molecule has 1 fully saturated rings. The third-order valence-corrected chi connectivity index (χ3v) is 10.9. The predicted molar refractivity (Wildman–Crippen MR) is 116 cm³/mol. The summed E-state index contributed by atoms with van der Waals surface area (Å²) in [5, 5.41) is 15.2. The molecule has 1 aromatic carbocycles. The normalized spacial score (nSPS) is 27.0. The van der Waals surface area contributed by atoms with E-state index in [1.807, 2.05) is 0 Å². The second kappa shape index (κ2) is 9.21. The van der Waals surface area contributed by atoms with Crippen LogP contribution in [0.2, 0.25) is 18.6 Å². The van der Waals surface area contributed by atoms with Gasteiger partial charge in [0.2, 0.25) is 0 Å². The first-order valence-corrected chi connectivity index (χ1v) is 13.6. The summed E-state index contributed by atoms with van der Waals surface area (Å²) in [6, 6.07) is 11.1. The molecular formula is C23H39NOSi. The van der Waals surface area contributed by atoms with Gasteiger partial charge in [-0.2, -0.15) is 0 Å². The molecule has 0 amide bonds. The lowest BCUT2D eigenvalue weighted by atomic mass is 9.73. The molecule has 4 atom stereocenters. The molecule has 146 valence electrons. The Morgan fingerprint density at radius 2 is 1.77 bits per heavy atom. The Hall–Kier alpha value is -1.09. The highest BCUT2D eigenvalue weighted by Gasteiger charge is 2.46. The minimum Gasteiger partial charge on any atom is -0.411 e.